The SMILES string of the molecule is N#CCCn1c(=S)[nH]c2ncccc21. The standard InChI is InChI=1S/C9H8N4S/c10-4-2-6-13-7-3-1-5-11-8(7)12-9(13)14/h1,3,5H,2,6H2,(H,11,12,14). The van der Waals surface area contributed by atoms with E-state index >= 15 is 0 Å². The molecule has 14 heavy (non-hydrogen) atoms. The number of pyridine rings is 1. The molecule has 1 N–H and O–H groups in total. The van der Waals surface area contributed by atoms with E-state index in [0.29, 0.717) is 17.7 Å². The van der Waals surface area contributed by atoms with E-state index in [0.717, 1.165) is 11.2 Å². The lowest BCUT2D eigenvalue weighted by Gasteiger charge is -1.98. The third kappa shape index (κ3) is 1.40. The number of fused-ring (bicyclic) bond motifs is 1. The van der Waals surface area contributed by atoms with Crippen molar-refractivity contribution in [3.63, 3.8) is 0 Å². The molecule has 0 bridgehead atoms. The van der Waals surface area contributed by atoms with Gasteiger partial charge in [-0.05, 0) is 24.4 Å². The van der Waals surface area contributed by atoms with Crippen molar-refractivity contribution in [1.82, 2.24) is 14.5 Å². The first-order valence-corrected chi connectivity index (χ1v) is 4.64. The Morgan fingerprint density at radius 3 is 3.29 bits per heavy atom. The predicted octanol–water partition coefficient (Wildman–Crippen LogP) is 2.01. The molecule has 2 heterocycles. The van der Waals surface area contributed by atoms with E-state index in [2.05, 4.69) is 16.0 Å². The minimum absolute atomic E-state index is 0.455. The van der Waals surface area contributed by atoms with Gasteiger partial charge in [-0.2, -0.15) is 5.26 Å². The first-order chi connectivity index (χ1) is 6.83. The minimum Gasteiger partial charge on any atom is -0.315 e. The van der Waals surface area contributed by atoms with E-state index < -0.39 is 0 Å². The van der Waals surface area contributed by atoms with E-state index in [1.165, 1.54) is 0 Å². The fraction of sp³-hybridized carbons (Fsp3) is 0.222. The Morgan fingerprint density at radius 1 is 1.64 bits per heavy atom. The molecule has 0 aliphatic heterocycles. The summed E-state index contributed by atoms with van der Waals surface area (Å²) in [5.74, 6) is 0. The van der Waals surface area contributed by atoms with Crippen molar-refractivity contribution in [2.24, 2.45) is 0 Å². The zero-order valence-corrected chi connectivity index (χ0v) is 8.21. The lowest BCUT2D eigenvalue weighted by Crippen LogP contribution is -1.96. The second-order valence-corrected chi connectivity index (χ2v) is 3.25. The van der Waals surface area contributed by atoms with Gasteiger partial charge in [0.05, 0.1) is 18.0 Å². The van der Waals surface area contributed by atoms with E-state index in [1.54, 1.807) is 6.20 Å². The van der Waals surface area contributed by atoms with Crippen LogP contribution in [0.4, 0.5) is 0 Å². The topological polar surface area (TPSA) is 57.4 Å². The van der Waals surface area contributed by atoms with Gasteiger partial charge in [-0.25, -0.2) is 4.98 Å². The lowest BCUT2D eigenvalue weighted by molar-refractivity contribution is 0.726. The fourth-order valence-electron chi connectivity index (χ4n) is 1.37. The summed E-state index contributed by atoms with van der Waals surface area (Å²) in [6.45, 7) is 0.612. The highest BCUT2D eigenvalue weighted by molar-refractivity contribution is 7.71. The maximum atomic E-state index is 8.50. The molecule has 0 saturated heterocycles. The number of H-pyrrole nitrogens is 1. The van der Waals surface area contributed by atoms with Gasteiger partial charge in [0.2, 0.25) is 0 Å². The molecule has 2 rings (SSSR count). The van der Waals surface area contributed by atoms with Crippen LogP contribution in [-0.4, -0.2) is 14.5 Å². The van der Waals surface area contributed by atoms with Gasteiger partial charge in [0.1, 0.15) is 0 Å². The highest BCUT2D eigenvalue weighted by Gasteiger charge is 2.02. The molecule has 0 aromatic carbocycles. The van der Waals surface area contributed by atoms with Gasteiger partial charge in [0, 0.05) is 12.7 Å². The summed E-state index contributed by atoms with van der Waals surface area (Å²) in [7, 11) is 0. The first-order valence-electron chi connectivity index (χ1n) is 4.23. The zero-order chi connectivity index (χ0) is 9.97. The molecule has 0 radical (unpaired) electrons. The Bertz CT molecular complexity index is 546. The molecule has 0 saturated carbocycles. The molecule has 0 fully saturated rings. The molecule has 2 aromatic heterocycles. The van der Waals surface area contributed by atoms with Crippen LogP contribution < -0.4 is 0 Å². The Balaban J connectivity index is 2.58. The number of nitriles is 1. The normalized spacial score (nSPS) is 10.2. The molecule has 0 aliphatic carbocycles. The average molecular weight is 204 g/mol. The third-order valence-electron chi connectivity index (χ3n) is 1.99. The van der Waals surface area contributed by atoms with E-state index in [4.69, 9.17) is 17.5 Å². The molecule has 0 aliphatic rings. The van der Waals surface area contributed by atoms with Crippen molar-refractivity contribution < 1.29 is 0 Å². The number of aromatic nitrogens is 3. The van der Waals surface area contributed by atoms with Crippen LogP contribution in [0.5, 0.6) is 0 Å². The summed E-state index contributed by atoms with van der Waals surface area (Å²) >= 11 is 5.12. The highest BCUT2D eigenvalue weighted by atomic mass is 32.1. The smallest absolute Gasteiger partial charge is 0.179 e. The van der Waals surface area contributed by atoms with E-state index in [1.807, 2.05) is 16.7 Å². The Labute approximate surface area is 85.8 Å². The van der Waals surface area contributed by atoms with Crippen LogP contribution in [0, 0.1) is 16.1 Å². The molecule has 0 unspecified atom stereocenters. The highest BCUT2D eigenvalue weighted by Crippen LogP contribution is 2.10. The number of rotatable bonds is 2. The number of imidazole rings is 1. The lowest BCUT2D eigenvalue weighted by atomic mass is 10.4. The van der Waals surface area contributed by atoms with Crippen LogP contribution in [0.3, 0.4) is 0 Å². The number of nitrogens with zero attached hydrogens (tertiary/aromatic N) is 3. The largest absolute Gasteiger partial charge is 0.315 e. The van der Waals surface area contributed by atoms with E-state index in [9.17, 15) is 0 Å². The number of aryl methyl sites for hydroxylation is 1. The molecule has 0 atom stereocenters. The van der Waals surface area contributed by atoms with Gasteiger partial charge in [0.25, 0.3) is 0 Å². The molecular formula is C9H8N4S. The summed E-state index contributed by atoms with van der Waals surface area (Å²) in [4.78, 5) is 7.14. The molecular weight excluding hydrogens is 196 g/mol. The van der Waals surface area contributed by atoms with Gasteiger partial charge < -0.3 is 9.55 Å². The van der Waals surface area contributed by atoms with Crippen molar-refractivity contribution in [3.05, 3.63) is 23.1 Å². The second kappa shape index (κ2) is 3.60. The van der Waals surface area contributed by atoms with Crippen LogP contribution in [0.1, 0.15) is 6.42 Å². The van der Waals surface area contributed by atoms with Crippen LogP contribution in [0.15, 0.2) is 18.3 Å². The average Bonchev–Trinajstić information content (AvgIpc) is 2.51. The molecule has 70 valence electrons. The predicted molar refractivity (Wildman–Crippen MR) is 55.1 cm³/mol. The second-order valence-electron chi connectivity index (χ2n) is 2.86. The number of hydrogen-bond donors (Lipinski definition) is 1. The van der Waals surface area contributed by atoms with Gasteiger partial charge >= 0.3 is 0 Å². The van der Waals surface area contributed by atoms with Crippen LogP contribution in [0.25, 0.3) is 11.2 Å². The monoisotopic (exact) mass is 204 g/mol. The number of aromatic amines is 1. The summed E-state index contributed by atoms with van der Waals surface area (Å²) in [5, 5.41) is 8.50. The molecule has 5 heteroatoms. The van der Waals surface area contributed by atoms with Crippen molar-refractivity contribution in [1.29, 1.82) is 5.26 Å². The van der Waals surface area contributed by atoms with Gasteiger partial charge in [-0.1, -0.05) is 0 Å². The minimum atomic E-state index is 0.455. The zero-order valence-electron chi connectivity index (χ0n) is 7.40. The number of hydrogen-bond acceptors (Lipinski definition) is 3. The maximum Gasteiger partial charge on any atom is 0.179 e. The van der Waals surface area contributed by atoms with Crippen molar-refractivity contribution in [2.45, 2.75) is 13.0 Å². The van der Waals surface area contributed by atoms with Gasteiger partial charge in [-0.3, -0.25) is 0 Å². The Kier molecular flexibility index (Phi) is 2.29. The summed E-state index contributed by atoms with van der Waals surface area (Å²) < 4.78 is 2.51. The van der Waals surface area contributed by atoms with Gasteiger partial charge in [-0.15, -0.1) is 0 Å². The molecule has 0 spiro atoms. The van der Waals surface area contributed by atoms with Crippen LogP contribution in [-0.2, 0) is 6.54 Å². The van der Waals surface area contributed by atoms with Crippen molar-refractivity contribution in [2.75, 3.05) is 0 Å². The third-order valence-corrected chi connectivity index (χ3v) is 2.32. The Hall–Kier alpha value is -1.67. The molecule has 0 amide bonds. The van der Waals surface area contributed by atoms with Gasteiger partial charge in [0.15, 0.2) is 10.4 Å². The first kappa shape index (κ1) is 8.91. The molecule has 2 aromatic rings. The molecule has 4 nitrogen and oxygen atoms in total. The Morgan fingerprint density at radius 2 is 2.50 bits per heavy atom. The fourth-order valence-corrected chi connectivity index (χ4v) is 1.66. The summed E-state index contributed by atoms with van der Waals surface area (Å²) in [6.07, 6.45) is 2.17. The quantitative estimate of drug-likeness (QED) is 0.761. The maximum absolute atomic E-state index is 8.50. The van der Waals surface area contributed by atoms with Crippen LogP contribution >= 0.6 is 12.2 Å². The van der Waals surface area contributed by atoms with Crippen LogP contribution in [0.2, 0.25) is 0 Å². The summed E-state index contributed by atoms with van der Waals surface area (Å²) in [5.41, 5.74) is 1.73. The number of nitrogens with one attached hydrogen (secondary N) is 1. The van der Waals surface area contributed by atoms with Crippen molar-refractivity contribution >= 4 is 23.4 Å². The summed E-state index contributed by atoms with van der Waals surface area (Å²) in [6, 6.07) is 5.89. The van der Waals surface area contributed by atoms with E-state index in [-0.39, 0.29) is 0 Å². The van der Waals surface area contributed by atoms with Crippen molar-refractivity contribution in [3.8, 4) is 6.07 Å².